The van der Waals surface area contributed by atoms with E-state index in [9.17, 15) is 19.8 Å². The summed E-state index contributed by atoms with van der Waals surface area (Å²) in [6.45, 7) is 4.93. The molecule has 6 nitrogen and oxygen atoms in total. The Balaban J connectivity index is 3.42. The number of esters is 1. The Labute approximate surface area is 494 Å². The number of rotatable bonds is 67. The van der Waals surface area contributed by atoms with Gasteiger partial charge in [-0.25, -0.2) is 0 Å². The van der Waals surface area contributed by atoms with E-state index < -0.39 is 12.1 Å². The maximum Gasteiger partial charge on any atom is 0.305 e. The number of nitrogens with one attached hydrogen (secondary N) is 1. The quantitative estimate of drug-likeness (QED) is 0.0320. The molecule has 6 heteroatoms. The molecule has 0 fully saturated rings. The molecule has 0 aliphatic heterocycles. The topological polar surface area (TPSA) is 95.9 Å². The van der Waals surface area contributed by atoms with Crippen molar-refractivity contribution in [3.63, 3.8) is 0 Å². The van der Waals surface area contributed by atoms with Gasteiger partial charge in [-0.2, -0.15) is 0 Å². The lowest BCUT2D eigenvalue weighted by Gasteiger charge is -2.20. The molecule has 0 aliphatic carbocycles. The number of unbranched alkanes of at least 4 members (excludes halogenated alkanes) is 52. The van der Waals surface area contributed by atoms with Gasteiger partial charge in [0.05, 0.1) is 25.4 Å². The standard InChI is InChI=1S/C73H139NO5/c1-3-5-7-9-11-13-15-17-19-21-23-30-33-37-41-45-49-53-57-61-65-71(76)70(69-75)74-72(77)66-62-58-54-50-46-42-38-34-31-27-25-24-26-28-32-36-40-44-48-52-56-60-64-68-79-73(78)67-63-59-55-51-47-43-39-35-29-22-20-18-16-14-12-10-8-6-4-2/h18,20,27,31,61,65,70-71,75-76H,3-17,19,21-26,28-30,32-60,62-64,66-69H2,1-2H3,(H,74,77)/b20-18-,31-27-,65-61+. The van der Waals surface area contributed by atoms with Crippen LogP contribution in [0.1, 0.15) is 393 Å². The van der Waals surface area contributed by atoms with Crippen LogP contribution in [0.4, 0.5) is 0 Å². The van der Waals surface area contributed by atoms with E-state index in [1.807, 2.05) is 6.08 Å². The number of ether oxygens (including phenoxy) is 1. The first-order valence-electron chi connectivity index (χ1n) is 35.8. The second kappa shape index (κ2) is 68.6. The lowest BCUT2D eigenvalue weighted by Crippen LogP contribution is -2.45. The molecule has 1 amide bonds. The highest BCUT2D eigenvalue weighted by Crippen LogP contribution is 2.18. The Morgan fingerprint density at radius 1 is 0.342 bits per heavy atom. The van der Waals surface area contributed by atoms with E-state index in [1.165, 1.54) is 315 Å². The average Bonchev–Trinajstić information content (AvgIpc) is 3.45. The van der Waals surface area contributed by atoms with E-state index in [-0.39, 0.29) is 18.5 Å². The Bertz CT molecular complexity index is 1280. The largest absolute Gasteiger partial charge is 0.466 e. The van der Waals surface area contributed by atoms with Crippen molar-refractivity contribution < 1.29 is 24.5 Å². The number of amides is 1. The zero-order chi connectivity index (χ0) is 57.1. The Morgan fingerprint density at radius 3 is 0.899 bits per heavy atom. The van der Waals surface area contributed by atoms with Crippen molar-refractivity contribution in [1.82, 2.24) is 5.32 Å². The fraction of sp³-hybridized carbons (Fsp3) is 0.890. The second-order valence-electron chi connectivity index (χ2n) is 24.6. The third-order valence-corrected chi connectivity index (χ3v) is 16.6. The molecular formula is C73H139NO5. The zero-order valence-electron chi connectivity index (χ0n) is 53.4. The van der Waals surface area contributed by atoms with Gasteiger partial charge in [0.2, 0.25) is 5.91 Å². The first kappa shape index (κ1) is 77.1. The van der Waals surface area contributed by atoms with E-state index in [0.29, 0.717) is 19.4 Å². The summed E-state index contributed by atoms with van der Waals surface area (Å²) in [7, 11) is 0. The minimum Gasteiger partial charge on any atom is -0.466 e. The molecule has 79 heavy (non-hydrogen) atoms. The van der Waals surface area contributed by atoms with Gasteiger partial charge in [0, 0.05) is 12.8 Å². The molecule has 0 spiro atoms. The lowest BCUT2D eigenvalue weighted by molar-refractivity contribution is -0.143. The van der Waals surface area contributed by atoms with Crippen molar-refractivity contribution in [3.05, 3.63) is 36.5 Å². The van der Waals surface area contributed by atoms with Crippen LogP contribution in [0.5, 0.6) is 0 Å². The van der Waals surface area contributed by atoms with Gasteiger partial charge in [-0.15, -0.1) is 0 Å². The summed E-state index contributed by atoms with van der Waals surface area (Å²) in [5.74, 6) is -0.0598. The molecule has 0 saturated carbocycles. The van der Waals surface area contributed by atoms with Gasteiger partial charge in [-0.1, -0.05) is 333 Å². The van der Waals surface area contributed by atoms with Gasteiger partial charge in [0.25, 0.3) is 0 Å². The fourth-order valence-corrected chi connectivity index (χ4v) is 11.2. The van der Waals surface area contributed by atoms with Crippen molar-refractivity contribution in [1.29, 1.82) is 0 Å². The minimum atomic E-state index is -0.850. The number of hydrogen-bond donors (Lipinski definition) is 3. The SMILES string of the molecule is CCCCCCCC/C=C\CCCCCCCCCCCC(=O)OCCCCCCCCCCCCCC/C=C\CCCCCCCCCC(=O)NC(CO)C(O)/C=C/CCCCCCCCCCCCCCCCCCCC. The van der Waals surface area contributed by atoms with Crippen molar-refractivity contribution in [2.24, 2.45) is 0 Å². The zero-order valence-corrected chi connectivity index (χ0v) is 53.4. The molecule has 2 atom stereocenters. The molecule has 466 valence electrons. The molecule has 0 aromatic rings. The predicted octanol–water partition coefficient (Wildman–Crippen LogP) is 23.1. The lowest BCUT2D eigenvalue weighted by atomic mass is 10.0. The van der Waals surface area contributed by atoms with E-state index in [1.54, 1.807) is 6.08 Å². The highest BCUT2D eigenvalue weighted by atomic mass is 16.5. The molecule has 0 aromatic heterocycles. The van der Waals surface area contributed by atoms with Crippen LogP contribution in [0.25, 0.3) is 0 Å². The van der Waals surface area contributed by atoms with Crippen molar-refractivity contribution in [2.45, 2.75) is 405 Å². The molecule has 0 radical (unpaired) electrons. The van der Waals surface area contributed by atoms with Crippen LogP contribution in [0.3, 0.4) is 0 Å². The molecular weight excluding hydrogens is 971 g/mol. The minimum absolute atomic E-state index is 0.0112. The molecule has 3 N–H and O–H groups in total. The Hall–Kier alpha value is -1.92. The summed E-state index contributed by atoms with van der Waals surface area (Å²) in [4.78, 5) is 24.6. The molecule has 0 heterocycles. The number of aliphatic hydroxyl groups is 2. The third-order valence-electron chi connectivity index (χ3n) is 16.6. The monoisotopic (exact) mass is 1110 g/mol. The number of allylic oxidation sites excluding steroid dienone is 5. The summed E-state index contributed by atoms with van der Waals surface area (Å²) in [5.41, 5.74) is 0. The van der Waals surface area contributed by atoms with Crippen LogP contribution in [0.15, 0.2) is 36.5 Å². The molecule has 0 aromatic carbocycles. The predicted molar refractivity (Wildman–Crippen MR) is 347 cm³/mol. The summed E-state index contributed by atoms with van der Waals surface area (Å²) in [6, 6.07) is -0.634. The number of carbonyl (C=O) groups excluding carboxylic acids is 2. The molecule has 0 saturated heterocycles. The van der Waals surface area contributed by atoms with E-state index in [4.69, 9.17) is 4.74 Å². The van der Waals surface area contributed by atoms with Crippen molar-refractivity contribution >= 4 is 11.9 Å². The molecule has 0 rings (SSSR count). The highest BCUT2D eigenvalue weighted by Gasteiger charge is 2.18. The van der Waals surface area contributed by atoms with Gasteiger partial charge in [-0.3, -0.25) is 9.59 Å². The fourth-order valence-electron chi connectivity index (χ4n) is 11.2. The van der Waals surface area contributed by atoms with Crippen LogP contribution in [0, 0.1) is 0 Å². The van der Waals surface area contributed by atoms with Crippen LogP contribution in [-0.4, -0.2) is 47.4 Å². The summed E-state index contributed by atoms with van der Waals surface area (Å²) < 4.78 is 5.51. The van der Waals surface area contributed by atoms with Crippen LogP contribution < -0.4 is 5.32 Å². The Kier molecular flexibility index (Phi) is 66.9. The van der Waals surface area contributed by atoms with Crippen LogP contribution in [0.2, 0.25) is 0 Å². The number of aliphatic hydroxyl groups excluding tert-OH is 2. The van der Waals surface area contributed by atoms with Crippen LogP contribution >= 0.6 is 0 Å². The van der Waals surface area contributed by atoms with Crippen LogP contribution in [-0.2, 0) is 14.3 Å². The summed E-state index contributed by atoms with van der Waals surface area (Å²) in [6.07, 6.45) is 87.9. The smallest absolute Gasteiger partial charge is 0.305 e. The van der Waals surface area contributed by atoms with E-state index >= 15 is 0 Å². The highest BCUT2D eigenvalue weighted by molar-refractivity contribution is 5.76. The van der Waals surface area contributed by atoms with Gasteiger partial charge in [0.15, 0.2) is 0 Å². The maximum absolute atomic E-state index is 12.5. The number of hydrogen-bond acceptors (Lipinski definition) is 5. The molecule has 0 aliphatic rings. The summed E-state index contributed by atoms with van der Waals surface area (Å²) in [5, 5.41) is 23.2. The summed E-state index contributed by atoms with van der Waals surface area (Å²) >= 11 is 0. The second-order valence-corrected chi connectivity index (χ2v) is 24.6. The number of carbonyl (C=O) groups is 2. The van der Waals surface area contributed by atoms with Gasteiger partial charge in [0.1, 0.15) is 0 Å². The van der Waals surface area contributed by atoms with Gasteiger partial charge >= 0.3 is 5.97 Å². The van der Waals surface area contributed by atoms with E-state index in [2.05, 4.69) is 43.5 Å². The Morgan fingerprint density at radius 2 is 0.595 bits per heavy atom. The normalized spacial score (nSPS) is 12.7. The van der Waals surface area contributed by atoms with Crippen molar-refractivity contribution in [2.75, 3.05) is 13.2 Å². The first-order chi connectivity index (χ1) is 39.0. The molecule has 0 bridgehead atoms. The van der Waals surface area contributed by atoms with Gasteiger partial charge in [-0.05, 0) is 83.5 Å². The average molecular weight is 1110 g/mol. The first-order valence-corrected chi connectivity index (χ1v) is 35.8. The third kappa shape index (κ3) is 65.1. The van der Waals surface area contributed by atoms with Crippen molar-refractivity contribution in [3.8, 4) is 0 Å². The maximum atomic E-state index is 12.5. The van der Waals surface area contributed by atoms with Gasteiger partial charge < -0.3 is 20.3 Å². The van der Waals surface area contributed by atoms with E-state index in [0.717, 1.165) is 51.4 Å². The molecule has 2 unspecified atom stereocenters.